The maximum Gasteiger partial charge on any atom is 0.345 e. The molecule has 19 heavy (non-hydrogen) atoms. The van der Waals surface area contributed by atoms with Gasteiger partial charge >= 0.3 is 5.97 Å². The molecule has 1 unspecified atom stereocenters. The van der Waals surface area contributed by atoms with Gasteiger partial charge in [-0.3, -0.25) is 0 Å². The lowest BCUT2D eigenvalue weighted by molar-refractivity contribution is -0.146. The molecular formula is C15H12FNO2. The zero-order valence-corrected chi connectivity index (χ0v) is 10.3. The van der Waals surface area contributed by atoms with Crippen LogP contribution >= 0.6 is 0 Å². The molecule has 0 aliphatic carbocycles. The molecule has 0 spiro atoms. The van der Waals surface area contributed by atoms with Crippen LogP contribution in [0.5, 0.6) is 0 Å². The number of hydrogen-bond acceptors (Lipinski definition) is 2. The third-order valence-electron chi connectivity index (χ3n) is 3.23. The van der Waals surface area contributed by atoms with E-state index in [1.54, 1.807) is 12.1 Å². The molecule has 2 aromatic carbocycles. The lowest BCUT2D eigenvalue weighted by Crippen LogP contribution is -2.09. The Labute approximate surface area is 109 Å². The number of H-pyrrole nitrogens is 1. The number of aromatic amines is 1. The number of benzene rings is 2. The fourth-order valence-electron chi connectivity index (χ4n) is 2.27. The first-order valence-corrected chi connectivity index (χ1v) is 5.93. The molecule has 96 valence electrons. The number of carbonyl (C=O) groups excluding carboxylic acids is 1. The van der Waals surface area contributed by atoms with Crippen molar-refractivity contribution in [2.75, 3.05) is 7.11 Å². The second kappa shape index (κ2) is 4.39. The van der Waals surface area contributed by atoms with E-state index >= 15 is 0 Å². The van der Waals surface area contributed by atoms with Crippen molar-refractivity contribution in [2.45, 2.75) is 6.17 Å². The Morgan fingerprint density at radius 3 is 2.68 bits per heavy atom. The van der Waals surface area contributed by atoms with Gasteiger partial charge in [-0.2, -0.15) is 0 Å². The van der Waals surface area contributed by atoms with Crippen LogP contribution in [0, 0.1) is 0 Å². The molecule has 0 amide bonds. The first-order valence-electron chi connectivity index (χ1n) is 5.93. The normalized spacial score (nSPS) is 12.7. The van der Waals surface area contributed by atoms with Gasteiger partial charge in [0.05, 0.1) is 7.11 Å². The Morgan fingerprint density at radius 1 is 1.16 bits per heavy atom. The van der Waals surface area contributed by atoms with E-state index in [4.69, 9.17) is 0 Å². The average Bonchev–Trinajstić information content (AvgIpc) is 2.83. The van der Waals surface area contributed by atoms with Gasteiger partial charge in [-0.05, 0) is 17.7 Å². The van der Waals surface area contributed by atoms with Gasteiger partial charge in [-0.15, -0.1) is 0 Å². The van der Waals surface area contributed by atoms with Crippen molar-refractivity contribution >= 4 is 27.8 Å². The number of halogens is 1. The molecule has 3 nitrogen and oxygen atoms in total. The SMILES string of the molecule is COC(=O)C(F)c1ccc2c(c1)[nH]c1ccccc12. The first kappa shape index (κ1) is 11.7. The number of alkyl halides is 1. The van der Waals surface area contributed by atoms with E-state index in [-0.39, 0.29) is 0 Å². The summed E-state index contributed by atoms with van der Waals surface area (Å²) < 4.78 is 18.2. The smallest absolute Gasteiger partial charge is 0.345 e. The van der Waals surface area contributed by atoms with Crippen LogP contribution < -0.4 is 0 Å². The molecular weight excluding hydrogens is 245 g/mol. The number of ether oxygens (including phenoxy) is 1. The number of rotatable bonds is 2. The molecule has 3 rings (SSSR count). The number of fused-ring (bicyclic) bond motifs is 3. The van der Waals surface area contributed by atoms with Gasteiger partial charge in [-0.25, -0.2) is 9.18 Å². The minimum atomic E-state index is -1.75. The van der Waals surface area contributed by atoms with Crippen LogP contribution in [-0.4, -0.2) is 18.1 Å². The highest BCUT2D eigenvalue weighted by atomic mass is 19.1. The van der Waals surface area contributed by atoms with Gasteiger partial charge in [0, 0.05) is 21.8 Å². The van der Waals surface area contributed by atoms with Crippen molar-refractivity contribution in [3.63, 3.8) is 0 Å². The van der Waals surface area contributed by atoms with Crippen molar-refractivity contribution in [1.82, 2.24) is 4.98 Å². The Bertz CT molecular complexity index is 763. The molecule has 1 aromatic heterocycles. The quantitative estimate of drug-likeness (QED) is 0.714. The molecule has 1 N–H and O–H groups in total. The van der Waals surface area contributed by atoms with Crippen LogP contribution in [0.3, 0.4) is 0 Å². The van der Waals surface area contributed by atoms with Crippen molar-refractivity contribution in [2.24, 2.45) is 0 Å². The Kier molecular flexibility index (Phi) is 2.71. The number of aromatic nitrogens is 1. The molecule has 0 bridgehead atoms. The molecule has 3 aromatic rings. The molecule has 0 aliphatic heterocycles. The monoisotopic (exact) mass is 257 g/mol. The number of hydrogen-bond donors (Lipinski definition) is 1. The zero-order valence-electron chi connectivity index (χ0n) is 10.3. The first-order chi connectivity index (χ1) is 9.20. The minimum Gasteiger partial charge on any atom is -0.467 e. The molecule has 0 saturated carbocycles. The molecule has 0 fully saturated rings. The molecule has 0 saturated heterocycles. The summed E-state index contributed by atoms with van der Waals surface area (Å²) in [5, 5.41) is 2.09. The Morgan fingerprint density at radius 2 is 1.89 bits per heavy atom. The summed E-state index contributed by atoms with van der Waals surface area (Å²) in [6.07, 6.45) is -1.75. The maximum absolute atomic E-state index is 13.8. The molecule has 0 aliphatic rings. The summed E-state index contributed by atoms with van der Waals surface area (Å²) in [7, 11) is 1.18. The van der Waals surface area contributed by atoms with Crippen LogP contribution in [0.1, 0.15) is 11.7 Å². The second-order valence-corrected chi connectivity index (χ2v) is 4.36. The van der Waals surface area contributed by atoms with Crippen LogP contribution in [0.15, 0.2) is 42.5 Å². The van der Waals surface area contributed by atoms with Crippen molar-refractivity contribution in [3.05, 3.63) is 48.0 Å². The van der Waals surface area contributed by atoms with Crippen molar-refractivity contribution < 1.29 is 13.9 Å². The molecule has 4 heteroatoms. The highest BCUT2D eigenvalue weighted by Gasteiger charge is 2.20. The maximum atomic E-state index is 13.8. The van der Waals surface area contributed by atoms with Gasteiger partial charge in [0.25, 0.3) is 0 Å². The fourth-order valence-corrected chi connectivity index (χ4v) is 2.27. The van der Waals surface area contributed by atoms with Crippen LogP contribution in [-0.2, 0) is 9.53 Å². The molecule has 1 atom stereocenters. The largest absolute Gasteiger partial charge is 0.467 e. The van der Waals surface area contributed by atoms with Crippen molar-refractivity contribution in [3.8, 4) is 0 Å². The summed E-state index contributed by atoms with van der Waals surface area (Å²) in [5.41, 5.74) is 2.10. The van der Waals surface area contributed by atoms with Gasteiger partial charge in [-0.1, -0.05) is 30.3 Å². The van der Waals surface area contributed by atoms with E-state index in [1.807, 2.05) is 30.3 Å². The van der Waals surface area contributed by atoms with E-state index in [0.29, 0.717) is 5.56 Å². The highest BCUT2D eigenvalue weighted by Crippen LogP contribution is 2.28. The van der Waals surface area contributed by atoms with E-state index in [9.17, 15) is 9.18 Å². The predicted octanol–water partition coefficient (Wildman–Crippen LogP) is 3.50. The van der Waals surface area contributed by atoms with Gasteiger partial charge < -0.3 is 9.72 Å². The zero-order chi connectivity index (χ0) is 13.4. The van der Waals surface area contributed by atoms with Crippen LogP contribution in [0.25, 0.3) is 21.8 Å². The van der Waals surface area contributed by atoms with E-state index in [2.05, 4.69) is 9.72 Å². The van der Waals surface area contributed by atoms with Crippen LogP contribution in [0.4, 0.5) is 4.39 Å². The lowest BCUT2D eigenvalue weighted by atomic mass is 10.1. The standard InChI is InChI=1S/C15H12FNO2/c1-19-15(18)14(16)9-6-7-11-10-4-2-3-5-12(10)17-13(11)8-9/h2-8,14,17H,1H3. The molecule has 0 radical (unpaired) electrons. The van der Waals surface area contributed by atoms with Crippen LogP contribution in [0.2, 0.25) is 0 Å². The summed E-state index contributed by atoms with van der Waals surface area (Å²) in [6.45, 7) is 0. The number of para-hydroxylation sites is 1. The van der Waals surface area contributed by atoms with Gasteiger partial charge in [0.1, 0.15) is 0 Å². The van der Waals surface area contributed by atoms with Crippen molar-refractivity contribution in [1.29, 1.82) is 0 Å². The van der Waals surface area contributed by atoms with Gasteiger partial charge in [0.2, 0.25) is 6.17 Å². The third-order valence-corrected chi connectivity index (χ3v) is 3.23. The predicted molar refractivity (Wildman–Crippen MR) is 71.7 cm³/mol. The number of nitrogens with one attached hydrogen (secondary N) is 1. The average molecular weight is 257 g/mol. The lowest BCUT2D eigenvalue weighted by Gasteiger charge is -2.06. The Balaban J connectivity index is 2.16. The fraction of sp³-hybridized carbons (Fsp3) is 0.133. The summed E-state index contributed by atoms with van der Waals surface area (Å²) in [5.74, 6) is -0.879. The summed E-state index contributed by atoms with van der Waals surface area (Å²) >= 11 is 0. The highest BCUT2D eigenvalue weighted by molar-refractivity contribution is 6.07. The third kappa shape index (κ3) is 1.85. The summed E-state index contributed by atoms with van der Waals surface area (Å²) in [4.78, 5) is 14.4. The van der Waals surface area contributed by atoms with E-state index < -0.39 is 12.1 Å². The molecule has 1 heterocycles. The van der Waals surface area contributed by atoms with E-state index in [1.165, 1.54) is 7.11 Å². The minimum absolute atomic E-state index is 0.297. The van der Waals surface area contributed by atoms with Gasteiger partial charge in [0.15, 0.2) is 0 Å². The number of carbonyl (C=O) groups is 1. The second-order valence-electron chi connectivity index (χ2n) is 4.36. The number of esters is 1. The summed E-state index contributed by atoms with van der Waals surface area (Å²) in [6, 6.07) is 12.9. The van der Waals surface area contributed by atoms with E-state index in [0.717, 1.165) is 21.8 Å². The number of methoxy groups -OCH3 is 1. The topological polar surface area (TPSA) is 42.1 Å². The Hall–Kier alpha value is -2.36.